The summed E-state index contributed by atoms with van der Waals surface area (Å²) in [6.45, 7) is -0.558. The van der Waals surface area contributed by atoms with Gasteiger partial charge >= 0.3 is 5.97 Å². The molecule has 134 valence electrons. The Morgan fingerprint density at radius 1 is 1.23 bits per heavy atom. The molecule has 2 aromatic rings. The van der Waals surface area contributed by atoms with Gasteiger partial charge < -0.3 is 10.1 Å². The van der Waals surface area contributed by atoms with Crippen LogP contribution in [-0.2, 0) is 14.3 Å². The lowest BCUT2D eigenvalue weighted by Gasteiger charge is -2.07. The van der Waals surface area contributed by atoms with E-state index in [1.54, 1.807) is 0 Å². The Bertz CT molecular complexity index is 868. The third-order valence-corrected chi connectivity index (χ3v) is 3.38. The second-order valence-corrected chi connectivity index (χ2v) is 5.37. The van der Waals surface area contributed by atoms with Crippen molar-refractivity contribution in [1.82, 2.24) is 0 Å². The van der Waals surface area contributed by atoms with Crippen LogP contribution < -0.4 is 5.32 Å². The van der Waals surface area contributed by atoms with Crippen molar-refractivity contribution in [1.29, 1.82) is 0 Å². The van der Waals surface area contributed by atoms with Gasteiger partial charge in [-0.15, -0.1) is 0 Å². The lowest BCUT2D eigenvalue weighted by molar-refractivity contribution is -0.384. The molecule has 26 heavy (non-hydrogen) atoms. The van der Waals surface area contributed by atoms with Gasteiger partial charge in [0, 0.05) is 18.2 Å². The average molecular weight is 379 g/mol. The van der Waals surface area contributed by atoms with E-state index in [1.165, 1.54) is 36.4 Å². The van der Waals surface area contributed by atoms with Crippen LogP contribution in [0.15, 0.2) is 48.5 Å². The number of nitro benzene ring substituents is 1. The summed E-state index contributed by atoms with van der Waals surface area (Å²) in [5.74, 6) is -1.96. The minimum Gasteiger partial charge on any atom is -0.452 e. The summed E-state index contributed by atoms with van der Waals surface area (Å²) >= 11 is 5.77. The summed E-state index contributed by atoms with van der Waals surface area (Å²) < 4.78 is 17.7. The summed E-state index contributed by atoms with van der Waals surface area (Å²) in [4.78, 5) is 33.3. The number of non-ortho nitro benzene ring substituents is 1. The van der Waals surface area contributed by atoms with E-state index in [4.69, 9.17) is 16.3 Å². The van der Waals surface area contributed by atoms with Crippen LogP contribution in [0.4, 0.5) is 15.8 Å². The van der Waals surface area contributed by atoms with Crippen molar-refractivity contribution in [2.24, 2.45) is 0 Å². The van der Waals surface area contributed by atoms with Gasteiger partial charge in [0.15, 0.2) is 6.61 Å². The maximum atomic E-state index is 12.9. The van der Waals surface area contributed by atoms with Gasteiger partial charge in [-0.2, -0.15) is 0 Å². The number of anilines is 1. The molecule has 0 fully saturated rings. The average Bonchev–Trinajstić information content (AvgIpc) is 2.61. The van der Waals surface area contributed by atoms with Crippen LogP contribution in [-0.4, -0.2) is 23.4 Å². The van der Waals surface area contributed by atoms with Gasteiger partial charge in [0.1, 0.15) is 5.82 Å². The van der Waals surface area contributed by atoms with E-state index < -0.39 is 29.2 Å². The normalized spacial score (nSPS) is 10.5. The topological polar surface area (TPSA) is 98.5 Å². The molecular formula is C17H12ClFN2O5. The van der Waals surface area contributed by atoms with Gasteiger partial charge in [0.2, 0.25) is 0 Å². The molecular weight excluding hydrogens is 367 g/mol. The second kappa shape index (κ2) is 8.72. The monoisotopic (exact) mass is 378 g/mol. The summed E-state index contributed by atoms with van der Waals surface area (Å²) in [7, 11) is 0. The van der Waals surface area contributed by atoms with Gasteiger partial charge in [-0.05, 0) is 42.0 Å². The number of nitrogens with one attached hydrogen (secondary N) is 1. The van der Waals surface area contributed by atoms with E-state index in [0.717, 1.165) is 18.2 Å². The molecule has 0 spiro atoms. The number of nitrogens with zero attached hydrogens (tertiary/aromatic N) is 1. The Morgan fingerprint density at radius 2 is 1.92 bits per heavy atom. The smallest absolute Gasteiger partial charge is 0.331 e. The number of hydrogen-bond acceptors (Lipinski definition) is 5. The highest BCUT2D eigenvalue weighted by Crippen LogP contribution is 2.22. The van der Waals surface area contributed by atoms with Gasteiger partial charge in [-0.1, -0.05) is 11.6 Å². The first-order valence-electron chi connectivity index (χ1n) is 7.19. The SMILES string of the molecule is O=C(COC(=O)/C=C/c1ccc([N+](=O)[O-])cc1)Nc1ccc(F)cc1Cl. The molecule has 0 heterocycles. The highest BCUT2D eigenvalue weighted by molar-refractivity contribution is 6.33. The van der Waals surface area contributed by atoms with E-state index in [9.17, 15) is 24.1 Å². The molecule has 2 rings (SSSR count). The number of carbonyl (C=O) groups excluding carboxylic acids is 2. The maximum Gasteiger partial charge on any atom is 0.331 e. The second-order valence-electron chi connectivity index (χ2n) is 4.96. The number of carbonyl (C=O) groups is 2. The van der Waals surface area contributed by atoms with Crippen LogP contribution in [0.2, 0.25) is 5.02 Å². The molecule has 0 saturated heterocycles. The molecule has 0 aliphatic heterocycles. The molecule has 7 nitrogen and oxygen atoms in total. The predicted molar refractivity (Wildman–Crippen MR) is 93.1 cm³/mol. The fraction of sp³-hybridized carbons (Fsp3) is 0.0588. The molecule has 1 N–H and O–H groups in total. The lowest BCUT2D eigenvalue weighted by atomic mass is 10.2. The van der Waals surface area contributed by atoms with Gasteiger partial charge in [0.25, 0.3) is 11.6 Å². The number of ether oxygens (including phenoxy) is 1. The zero-order valence-electron chi connectivity index (χ0n) is 13.1. The number of amides is 1. The Labute approximate surface area is 152 Å². The zero-order valence-corrected chi connectivity index (χ0v) is 13.9. The molecule has 0 saturated carbocycles. The minimum absolute atomic E-state index is 0.0164. The molecule has 0 unspecified atom stereocenters. The summed E-state index contributed by atoms with van der Waals surface area (Å²) in [6.07, 6.45) is 2.47. The van der Waals surface area contributed by atoms with Crippen molar-refractivity contribution in [2.45, 2.75) is 0 Å². The van der Waals surface area contributed by atoms with Crippen LogP contribution in [0.3, 0.4) is 0 Å². The molecule has 0 aliphatic carbocycles. The van der Waals surface area contributed by atoms with Crippen LogP contribution in [0, 0.1) is 15.9 Å². The van der Waals surface area contributed by atoms with Crippen molar-refractivity contribution < 1.29 is 23.6 Å². The summed E-state index contributed by atoms with van der Waals surface area (Å²) in [5, 5.41) is 12.9. The quantitative estimate of drug-likeness (QED) is 0.358. The molecule has 2 aromatic carbocycles. The molecule has 0 aromatic heterocycles. The van der Waals surface area contributed by atoms with E-state index in [2.05, 4.69) is 5.32 Å². The number of halogens is 2. The third kappa shape index (κ3) is 5.67. The van der Waals surface area contributed by atoms with Crippen molar-refractivity contribution in [3.8, 4) is 0 Å². The van der Waals surface area contributed by atoms with Gasteiger partial charge in [0.05, 0.1) is 15.6 Å². The third-order valence-electron chi connectivity index (χ3n) is 3.07. The van der Waals surface area contributed by atoms with Gasteiger partial charge in [-0.25, -0.2) is 9.18 Å². The zero-order chi connectivity index (χ0) is 19.1. The molecule has 0 atom stereocenters. The fourth-order valence-corrected chi connectivity index (χ4v) is 2.05. The fourth-order valence-electron chi connectivity index (χ4n) is 1.83. The van der Waals surface area contributed by atoms with E-state index in [1.807, 2.05) is 0 Å². The van der Waals surface area contributed by atoms with Crippen molar-refractivity contribution in [3.05, 3.63) is 75.1 Å². The molecule has 9 heteroatoms. The molecule has 0 bridgehead atoms. The standard InChI is InChI=1S/C17H12ClFN2O5/c18-14-9-12(19)4-7-15(14)20-16(22)10-26-17(23)8-3-11-1-5-13(6-2-11)21(24)25/h1-9H,10H2,(H,20,22)/b8-3+. The lowest BCUT2D eigenvalue weighted by Crippen LogP contribution is -2.20. The Hall–Kier alpha value is -3.26. The largest absolute Gasteiger partial charge is 0.452 e. The summed E-state index contributed by atoms with van der Waals surface area (Å²) in [6, 6.07) is 8.97. The van der Waals surface area contributed by atoms with E-state index >= 15 is 0 Å². The Balaban J connectivity index is 1.83. The van der Waals surface area contributed by atoms with E-state index in [-0.39, 0.29) is 16.4 Å². The number of nitro groups is 1. The first kappa shape index (κ1) is 19.1. The van der Waals surface area contributed by atoms with E-state index in [0.29, 0.717) is 5.56 Å². The number of hydrogen-bond donors (Lipinski definition) is 1. The van der Waals surface area contributed by atoms with Crippen LogP contribution in [0.25, 0.3) is 6.08 Å². The van der Waals surface area contributed by atoms with Crippen molar-refractivity contribution in [3.63, 3.8) is 0 Å². The van der Waals surface area contributed by atoms with Gasteiger partial charge in [-0.3, -0.25) is 14.9 Å². The molecule has 0 radical (unpaired) electrons. The Morgan fingerprint density at radius 3 is 2.54 bits per heavy atom. The first-order valence-corrected chi connectivity index (χ1v) is 7.57. The highest BCUT2D eigenvalue weighted by Gasteiger charge is 2.09. The molecule has 0 aliphatic rings. The minimum atomic E-state index is -0.774. The first-order chi connectivity index (χ1) is 12.3. The predicted octanol–water partition coefficient (Wildman–Crippen LogP) is 3.58. The number of benzene rings is 2. The number of rotatable bonds is 6. The highest BCUT2D eigenvalue weighted by atomic mass is 35.5. The van der Waals surface area contributed by atoms with Crippen LogP contribution >= 0.6 is 11.6 Å². The molecule has 1 amide bonds. The number of esters is 1. The van der Waals surface area contributed by atoms with Crippen molar-refractivity contribution >= 4 is 40.9 Å². The Kier molecular flexibility index (Phi) is 6.40. The van der Waals surface area contributed by atoms with Crippen molar-refractivity contribution in [2.75, 3.05) is 11.9 Å². The van der Waals surface area contributed by atoms with Crippen LogP contribution in [0.1, 0.15) is 5.56 Å². The maximum absolute atomic E-state index is 12.9. The van der Waals surface area contributed by atoms with Crippen LogP contribution in [0.5, 0.6) is 0 Å². The summed E-state index contributed by atoms with van der Waals surface area (Å²) in [5.41, 5.74) is 0.673.